The smallest absolute Gasteiger partial charge is 0.135 e. The number of rotatable bonds is 3. The van der Waals surface area contributed by atoms with Gasteiger partial charge in [0.05, 0.1) is 10.9 Å². The maximum atomic E-state index is 7.13. The minimum atomic E-state index is 0.124. The number of allylic oxidation sites excluding steroid dienone is 1. The molecule has 0 aliphatic rings. The van der Waals surface area contributed by atoms with E-state index in [-0.39, 0.29) is 5.41 Å². The number of hydrogen-bond acceptors (Lipinski definition) is 5. The second-order valence-corrected chi connectivity index (χ2v) is 7.17. The first kappa shape index (κ1) is 16.0. The number of anilines is 1. The zero-order chi connectivity index (χ0) is 17.5. The standard InChI is InChI=1S/C18H22N6/c1-18(2,3)10-24-9-13-16(23-24)12-5-4-11(14(20)6-7-19)8-15(12)22-17(13)21/h4-9,19H,10,20H2,1-3H3,(H2,21,22)/b14-6-,19-7?. The lowest BCUT2D eigenvalue weighted by Gasteiger charge is -2.17. The van der Waals surface area contributed by atoms with Crippen molar-refractivity contribution >= 4 is 39.5 Å². The zero-order valence-electron chi connectivity index (χ0n) is 14.2. The highest BCUT2D eigenvalue weighted by atomic mass is 15.3. The molecule has 0 saturated heterocycles. The number of nitrogens with zero attached hydrogens (tertiary/aromatic N) is 3. The van der Waals surface area contributed by atoms with Crippen molar-refractivity contribution in [3.63, 3.8) is 0 Å². The summed E-state index contributed by atoms with van der Waals surface area (Å²) in [5.74, 6) is 0.462. The van der Waals surface area contributed by atoms with Gasteiger partial charge in [0.1, 0.15) is 11.3 Å². The van der Waals surface area contributed by atoms with Gasteiger partial charge in [-0.3, -0.25) is 4.68 Å². The lowest BCUT2D eigenvalue weighted by molar-refractivity contribution is 0.327. The molecule has 124 valence electrons. The van der Waals surface area contributed by atoms with E-state index in [0.29, 0.717) is 11.5 Å². The Bertz CT molecular complexity index is 959. The van der Waals surface area contributed by atoms with Gasteiger partial charge in [0, 0.05) is 30.0 Å². The van der Waals surface area contributed by atoms with Gasteiger partial charge in [-0.2, -0.15) is 5.10 Å². The fourth-order valence-electron chi connectivity index (χ4n) is 2.75. The number of fused-ring (bicyclic) bond motifs is 3. The van der Waals surface area contributed by atoms with Crippen LogP contribution < -0.4 is 11.5 Å². The molecule has 0 unspecified atom stereocenters. The van der Waals surface area contributed by atoms with Crippen LogP contribution in [0.15, 0.2) is 30.5 Å². The van der Waals surface area contributed by atoms with Crippen LogP contribution in [0.1, 0.15) is 26.3 Å². The zero-order valence-corrected chi connectivity index (χ0v) is 14.2. The number of nitrogens with two attached hydrogens (primary N) is 2. The predicted molar refractivity (Wildman–Crippen MR) is 99.8 cm³/mol. The van der Waals surface area contributed by atoms with Crippen LogP contribution in [0.5, 0.6) is 0 Å². The van der Waals surface area contributed by atoms with Crippen LogP contribution in [0.25, 0.3) is 27.5 Å². The Hall–Kier alpha value is -2.89. The van der Waals surface area contributed by atoms with Gasteiger partial charge in [-0.15, -0.1) is 0 Å². The van der Waals surface area contributed by atoms with Crippen LogP contribution in [0.2, 0.25) is 0 Å². The van der Waals surface area contributed by atoms with E-state index in [1.807, 2.05) is 29.1 Å². The van der Waals surface area contributed by atoms with Crippen LogP contribution in [0, 0.1) is 10.8 Å². The Morgan fingerprint density at radius 2 is 2.04 bits per heavy atom. The quantitative estimate of drug-likeness (QED) is 0.644. The fraction of sp³-hybridized carbons (Fsp3) is 0.278. The molecule has 6 nitrogen and oxygen atoms in total. The molecule has 2 aromatic heterocycles. The summed E-state index contributed by atoms with van der Waals surface area (Å²) in [5.41, 5.74) is 15.1. The molecule has 5 N–H and O–H groups in total. The average molecular weight is 322 g/mol. The van der Waals surface area contributed by atoms with E-state index in [1.54, 1.807) is 6.08 Å². The molecule has 0 amide bonds. The van der Waals surface area contributed by atoms with E-state index in [1.165, 1.54) is 6.21 Å². The third-order valence-corrected chi connectivity index (χ3v) is 3.76. The van der Waals surface area contributed by atoms with Crippen molar-refractivity contribution in [1.82, 2.24) is 14.8 Å². The number of nitrogens with one attached hydrogen (secondary N) is 1. The molecular formula is C18H22N6. The Kier molecular flexibility index (Phi) is 3.75. The Balaban J connectivity index is 2.19. The number of pyridine rings is 1. The normalized spacial score (nSPS) is 12.9. The molecule has 0 bridgehead atoms. The van der Waals surface area contributed by atoms with E-state index in [9.17, 15) is 0 Å². The lowest BCUT2D eigenvalue weighted by atomic mass is 9.97. The molecule has 0 atom stereocenters. The van der Waals surface area contributed by atoms with Gasteiger partial charge < -0.3 is 16.9 Å². The van der Waals surface area contributed by atoms with Gasteiger partial charge in [0.2, 0.25) is 0 Å². The van der Waals surface area contributed by atoms with E-state index >= 15 is 0 Å². The molecule has 0 radical (unpaired) electrons. The van der Waals surface area contributed by atoms with Crippen LogP contribution >= 0.6 is 0 Å². The van der Waals surface area contributed by atoms with Gasteiger partial charge in [-0.1, -0.05) is 26.8 Å². The second-order valence-electron chi connectivity index (χ2n) is 7.17. The van der Waals surface area contributed by atoms with Gasteiger partial charge in [-0.05, 0) is 29.2 Å². The summed E-state index contributed by atoms with van der Waals surface area (Å²) < 4.78 is 1.93. The van der Waals surface area contributed by atoms with Gasteiger partial charge in [0.25, 0.3) is 0 Å². The second kappa shape index (κ2) is 5.63. The molecule has 0 spiro atoms. The van der Waals surface area contributed by atoms with Gasteiger partial charge in [0.15, 0.2) is 0 Å². The predicted octanol–water partition coefficient (Wildman–Crippen LogP) is 3.16. The van der Waals surface area contributed by atoms with Crippen molar-refractivity contribution in [1.29, 1.82) is 5.41 Å². The van der Waals surface area contributed by atoms with Crippen molar-refractivity contribution in [2.45, 2.75) is 27.3 Å². The fourth-order valence-corrected chi connectivity index (χ4v) is 2.75. The largest absolute Gasteiger partial charge is 0.398 e. The third-order valence-electron chi connectivity index (χ3n) is 3.76. The highest BCUT2D eigenvalue weighted by Gasteiger charge is 2.16. The van der Waals surface area contributed by atoms with Crippen molar-refractivity contribution in [3.8, 4) is 0 Å². The molecule has 0 fully saturated rings. The molecule has 2 heterocycles. The van der Waals surface area contributed by atoms with Crippen LogP contribution in [0.4, 0.5) is 5.82 Å². The maximum absolute atomic E-state index is 7.13. The molecule has 3 rings (SSSR count). The SMILES string of the molecule is CC(C)(C)Cn1cc2c(N)nc3cc(/C(N)=C/C=N)ccc3c2n1. The molecule has 0 aliphatic heterocycles. The summed E-state index contributed by atoms with van der Waals surface area (Å²) in [6.45, 7) is 7.31. The van der Waals surface area contributed by atoms with Crippen LogP contribution in [-0.2, 0) is 6.54 Å². The summed E-state index contributed by atoms with van der Waals surface area (Å²) in [6.07, 6.45) is 4.67. The van der Waals surface area contributed by atoms with E-state index in [0.717, 1.165) is 33.9 Å². The number of hydrogen-bond donors (Lipinski definition) is 3. The lowest BCUT2D eigenvalue weighted by Crippen LogP contribution is -2.15. The number of benzene rings is 1. The van der Waals surface area contributed by atoms with E-state index in [4.69, 9.17) is 22.0 Å². The molecule has 0 saturated carbocycles. The molecular weight excluding hydrogens is 300 g/mol. The Morgan fingerprint density at radius 3 is 2.71 bits per heavy atom. The molecule has 3 aromatic rings. The van der Waals surface area contributed by atoms with Crippen molar-refractivity contribution in [2.75, 3.05) is 5.73 Å². The first-order chi connectivity index (χ1) is 11.3. The van der Waals surface area contributed by atoms with E-state index < -0.39 is 0 Å². The molecule has 0 aliphatic carbocycles. The Morgan fingerprint density at radius 1 is 1.29 bits per heavy atom. The van der Waals surface area contributed by atoms with E-state index in [2.05, 4.69) is 25.8 Å². The number of nitrogen functional groups attached to an aromatic ring is 1. The third kappa shape index (κ3) is 2.95. The van der Waals surface area contributed by atoms with Crippen molar-refractivity contribution < 1.29 is 0 Å². The summed E-state index contributed by atoms with van der Waals surface area (Å²) in [7, 11) is 0. The summed E-state index contributed by atoms with van der Waals surface area (Å²) >= 11 is 0. The molecule has 1 aromatic carbocycles. The minimum Gasteiger partial charge on any atom is -0.398 e. The minimum absolute atomic E-state index is 0.124. The van der Waals surface area contributed by atoms with Gasteiger partial charge >= 0.3 is 0 Å². The maximum Gasteiger partial charge on any atom is 0.135 e. The molecule has 6 heteroatoms. The topological polar surface area (TPSA) is 107 Å². The number of aromatic nitrogens is 3. The van der Waals surface area contributed by atoms with Gasteiger partial charge in [-0.25, -0.2) is 4.98 Å². The van der Waals surface area contributed by atoms with Crippen LogP contribution in [0.3, 0.4) is 0 Å². The Labute approximate surface area is 140 Å². The first-order valence-electron chi connectivity index (χ1n) is 7.81. The summed E-state index contributed by atoms with van der Waals surface area (Å²) in [5, 5.41) is 13.7. The average Bonchev–Trinajstić information content (AvgIpc) is 2.89. The summed E-state index contributed by atoms with van der Waals surface area (Å²) in [6, 6.07) is 5.75. The first-order valence-corrected chi connectivity index (χ1v) is 7.81. The van der Waals surface area contributed by atoms with Crippen molar-refractivity contribution in [2.24, 2.45) is 11.1 Å². The molecule has 24 heavy (non-hydrogen) atoms. The van der Waals surface area contributed by atoms with Crippen LogP contribution in [-0.4, -0.2) is 21.0 Å². The highest BCUT2D eigenvalue weighted by molar-refractivity contribution is 6.07. The monoisotopic (exact) mass is 322 g/mol. The summed E-state index contributed by atoms with van der Waals surface area (Å²) in [4.78, 5) is 4.50. The van der Waals surface area contributed by atoms with Crippen molar-refractivity contribution in [3.05, 3.63) is 36.0 Å². The highest BCUT2D eigenvalue weighted by Crippen LogP contribution is 2.29.